The lowest BCUT2D eigenvalue weighted by Gasteiger charge is -2.58. The Labute approximate surface area is 129 Å². The molecule has 116 valence electrons. The molecule has 3 rings (SSSR count). The maximum absolute atomic E-state index is 5.50. The maximum atomic E-state index is 5.50. The second-order valence-corrected chi connectivity index (χ2v) is 7.29. The molecule has 0 bridgehead atoms. The third-order valence-electron chi connectivity index (χ3n) is 6.44. The molecule has 2 aliphatic rings. The van der Waals surface area contributed by atoms with Gasteiger partial charge in [0, 0.05) is 6.04 Å². The summed E-state index contributed by atoms with van der Waals surface area (Å²) in [4.78, 5) is 0. The van der Waals surface area contributed by atoms with Crippen LogP contribution in [0, 0.1) is 5.41 Å². The van der Waals surface area contributed by atoms with Crippen LogP contribution in [-0.2, 0) is 11.8 Å². The Bertz CT molecular complexity index is 526. The van der Waals surface area contributed by atoms with Crippen LogP contribution in [0.4, 0.5) is 0 Å². The van der Waals surface area contributed by atoms with Crippen LogP contribution in [0.25, 0.3) is 0 Å². The largest absolute Gasteiger partial charge is 0.497 e. The molecule has 0 amide bonds. The van der Waals surface area contributed by atoms with Crippen molar-refractivity contribution in [3.8, 4) is 5.75 Å². The summed E-state index contributed by atoms with van der Waals surface area (Å²) in [5, 5.41) is 3.79. The van der Waals surface area contributed by atoms with Crippen molar-refractivity contribution < 1.29 is 4.74 Å². The van der Waals surface area contributed by atoms with Crippen LogP contribution in [0.2, 0.25) is 0 Å². The number of methoxy groups -OCH3 is 1. The van der Waals surface area contributed by atoms with E-state index in [2.05, 4.69) is 44.3 Å². The van der Waals surface area contributed by atoms with Gasteiger partial charge in [-0.2, -0.15) is 0 Å². The second kappa shape index (κ2) is 5.31. The van der Waals surface area contributed by atoms with Gasteiger partial charge in [-0.1, -0.05) is 39.7 Å². The van der Waals surface area contributed by atoms with Gasteiger partial charge in [-0.25, -0.2) is 0 Å². The van der Waals surface area contributed by atoms with Crippen LogP contribution in [-0.4, -0.2) is 19.7 Å². The molecule has 0 aromatic heterocycles. The van der Waals surface area contributed by atoms with Crippen LogP contribution in [0.5, 0.6) is 5.75 Å². The molecule has 0 radical (unpaired) electrons. The van der Waals surface area contributed by atoms with Gasteiger partial charge in [0.25, 0.3) is 0 Å². The average Bonchev–Trinajstić information content (AvgIpc) is 2.49. The minimum atomic E-state index is 0.264. The predicted octanol–water partition coefficient (Wildman–Crippen LogP) is 4.07. The van der Waals surface area contributed by atoms with Crippen molar-refractivity contribution in [2.75, 3.05) is 13.7 Å². The van der Waals surface area contributed by atoms with Gasteiger partial charge in [0.15, 0.2) is 0 Å². The fraction of sp³-hybridized carbons (Fsp3) is 0.684. The minimum Gasteiger partial charge on any atom is -0.497 e. The van der Waals surface area contributed by atoms with Crippen LogP contribution in [0.3, 0.4) is 0 Å². The second-order valence-electron chi connectivity index (χ2n) is 7.29. The van der Waals surface area contributed by atoms with Gasteiger partial charge in [0.05, 0.1) is 7.11 Å². The summed E-state index contributed by atoms with van der Waals surface area (Å²) in [6.45, 7) is 8.30. The van der Waals surface area contributed by atoms with Crippen molar-refractivity contribution in [3.63, 3.8) is 0 Å². The number of likely N-dealkylation sites (N-methyl/N-ethyl adjacent to an activating group) is 1. The van der Waals surface area contributed by atoms with Gasteiger partial charge in [-0.15, -0.1) is 0 Å². The standard InChI is InChI=1S/C19H29NO/c1-5-20-17-12-14-8-9-15(21-4)13-16(14)18(2)10-6-7-11-19(17,18)3/h8-9,13,17,20H,5-7,10-12H2,1-4H3/t17-,18-,19+/m1/s1. The van der Waals surface area contributed by atoms with Crippen molar-refractivity contribution in [2.45, 2.75) is 64.3 Å². The molecule has 0 saturated heterocycles. The quantitative estimate of drug-likeness (QED) is 0.905. The van der Waals surface area contributed by atoms with Crippen molar-refractivity contribution in [3.05, 3.63) is 29.3 Å². The number of benzene rings is 1. The summed E-state index contributed by atoms with van der Waals surface area (Å²) >= 11 is 0. The molecule has 0 heterocycles. The normalized spacial score (nSPS) is 35.0. The van der Waals surface area contributed by atoms with E-state index in [4.69, 9.17) is 4.74 Å². The number of hydrogen-bond acceptors (Lipinski definition) is 2. The molecule has 0 aliphatic heterocycles. The van der Waals surface area contributed by atoms with Crippen LogP contribution < -0.4 is 10.1 Å². The highest BCUT2D eigenvalue weighted by Crippen LogP contribution is 2.58. The summed E-state index contributed by atoms with van der Waals surface area (Å²) in [5.41, 5.74) is 3.67. The van der Waals surface area contributed by atoms with Gasteiger partial charge < -0.3 is 10.1 Å². The monoisotopic (exact) mass is 287 g/mol. The summed E-state index contributed by atoms with van der Waals surface area (Å²) < 4.78 is 5.50. The number of nitrogens with one attached hydrogen (secondary N) is 1. The molecular formula is C19H29NO. The Balaban J connectivity index is 2.13. The predicted molar refractivity (Wildman–Crippen MR) is 88.1 cm³/mol. The Morgan fingerprint density at radius 3 is 2.71 bits per heavy atom. The molecule has 1 saturated carbocycles. The molecule has 2 nitrogen and oxygen atoms in total. The first kappa shape index (κ1) is 14.9. The van der Waals surface area contributed by atoms with Gasteiger partial charge in [-0.3, -0.25) is 0 Å². The third kappa shape index (κ3) is 2.11. The highest BCUT2D eigenvalue weighted by Gasteiger charge is 2.54. The molecule has 2 aliphatic carbocycles. The summed E-state index contributed by atoms with van der Waals surface area (Å²) in [6, 6.07) is 7.31. The SMILES string of the molecule is CCN[C@@H]1Cc2ccc(OC)cc2[C@@]2(C)CCCC[C@@]12C. The smallest absolute Gasteiger partial charge is 0.119 e. The van der Waals surface area contributed by atoms with Gasteiger partial charge in [0.2, 0.25) is 0 Å². The van der Waals surface area contributed by atoms with E-state index in [-0.39, 0.29) is 5.41 Å². The first-order chi connectivity index (χ1) is 10.0. The third-order valence-corrected chi connectivity index (χ3v) is 6.44. The van der Waals surface area contributed by atoms with Crippen molar-refractivity contribution in [2.24, 2.45) is 5.41 Å². The molecule has 0 unspecified atom stereocenters. The number of rotatable bonds is 3. The van der Waals surface area contributed by atoms with E-state index in [0.29, 0.717) is 11.5 Å². The number of ether oxygens (including phenoxy) is 1. The first-order valence-electron chi connectivity index (χ1n) is 8.46. The van der Waals surface area contributed by atoms with Crippen LogP contribution in [0.15, 0.2) is 18.2 Å². The van der Waals surface area contributed by atoms with Crippen molar-refractivity contribution >= 4 is 0 Å². The highest BCUT2D eigenvalue weighted by atomic mass is 16.5. The van der Waals surface area contributed by atoms with Crippen molar-refractivity contribution in [1.29, 1.82) is 0 Å². The van der Waals surface area contributed by atoms with E-state index < -0.39 is 0 Å². The fourth-order valence-corrected chi connectivity index (χ4v) is 4.90. The van der Waals surface area contributed by atoms with E-state index in [1.54, 1.807) is 12.7 Å². The highest BCUT2D eigenvalue weighted by molar-refractivity contribution is 5.45. The van der Waals surface area contributed by atoms with Crippen LogP contribution >= 0.6 is 0 Å². The van der Waals surface area contributed by atoms with E-state index in [0.717, 1.165) is 18.7 Å². The Morgan fingerprint density at radius 1 is 1.24 bits per heavy atom. The fourth-order valence-electron chi connectivity index (χ4n) is 4.90. The lowest BCUT2D eigenvalue weighted by Crippen LogP contribution is -2.60. The van der Waals surface area contributed by atoms with E-state index in [1.807, 2.05) is 0 Å². The van der Waals surface area contributed by atoms with E-state index in [1.165, 1.54) is 31.2 Å². The van der Waals surface area contributed by atoms with Gasteiger partial charge in [-0.05, 0) is 59.9 Å². The topological polar surface area (TPSA) is 21.3 Å². The molecular weight excluding hydrogens is 258 g/mol. The zero-order valence-electron chi connectivity index (χ0n) is 14.0. The number of hydrogen-bond donors (Lipinski definition) is 1. The summed E-state index contributed by atoms with van der Waals surface area (Å²) in [5.74, 6) is 1.00. The molecule has 1 aromatic carbocycles. The molecule has 1 N–H and O–H groups in total. The van der Waals surface area contributed by atoms with E-state index >= 15 is 0 Å². The van der Waals surface area contributed by atoms with Crippen LogP contribution in [0.1, 0.15) is 57.6 Å². The first-order valence-corrected chi connectivity index (χ1v) is 8.46. The Morgan fingerprint density at radius 2 is 2.00 bits per heavy atom. The average molecular weight is 287 g/mol. The lowest BCUT2D eigenvalue weighted by atomic mass is 9.48. The molecule has 21 heavy (non-hydrogen) atoms. The lowest BCUT2D eigenvalue weighted by molar-refractivity contribution is 0.0314. The zero-order valence-corrected chi connectivity index (χ0v) is 14.0. The molecule has 1 aromatic rings. The van der Waals surface area contributed by atoms with Crippen molar-refractivity contribution in [1.82, 2.24) is 5.32 Å². The molecule has 1 fully saturated rings. The molecule has 2 heteroatoms. The number of fused-ring (bicyclic) bond motifs is 3. The molecule has 0 spiro atoms. The van der Waals surface area contributed by atoms with E-state index in [9.17, 15) is 0 Å². The Kier molecular flexibility index (Phi) is 3.77. The maximum Gasteiger partial charge on any atom is 0.119 e. The Hall–Kier alpha value is -1.02. The van der Waals surface area contributed by atoms with Gasteiger partial charge >= 0.3 is 0 Å². The zero-order chi connectivity index (χ0) is 15.1. The summed E-state index contributed by atoms with van der Waals surface area (Å²) in [7, 11) is 1.77. The molecule has 3 atom stereocenters. The summed E-state index contributed by atoms with van der Waals surface area (Å²) in [6.07, 6.45) is 6.50. The van der Waals surface area contributed by atoms with Gasteiger partial charge in [0.1, 0.15) is 5.75 Å². The minimum absolute atomic E-state index is 0.264.